The van der Waals surface area contributed by atoms with Gasteiger partial charge in [-0.1, -0.05) is 0 Å². The highest BCUT2D eigenvalue weighted by Gasteiger charge is 2.33. The predicted molar refractivity (Wildman–Crippen MR) is 80.3 cm³/mol. The van der Waals surface area contributed by atoms with Crippen LogP contribution in [0.25, 0.3) is 11.3 Å². The Labute approximate surface area is 131 Å². The van der Waals surface area contributed by atoms with Crippen LogP contribution in [0.1, 0.15) is 29.8 Å². The number of nitrogens with one attached hydrogen (secondary N) is 1. The van der Waals surface area contributed by atoms with E-state index in [1.165, 1.54) is 17.0 Å². The fourth-order valence-corrected chi connectivity index (χ4v) is 2.79. The molecule has 1 fully saturated rings. The number of benzene rings is 1. The van der Waals surface area contributed by atoms with Crippen molar-refractivity contribution < 1.29 is 19.1 Å². The summed E-state index contributed by atoms with van der Waals surface area (Å²) in [6, 6.07) is 6.53. The molecule has 1 aromatic heterocycles. The number of carbonyl (C=O) groups is 2. The maximum absolute atomic E-state index is 13.0. The maximum Gasteiger partial charge on any atom is 0.326 e. The number of carboxylic acid groups (broad SMARTS) is 1. The number of rotatable bonds is 3. The SMILES string of the molecule is O=C(O)[C@H]1CCCCN1C(=O)c1cc(-c2ccc(F)cc2)n[nH]1. The number of likely N-dealkylation sites (tertiary alicyclic amines) is 1. The first-order valence-electron chi connectivity index (χ1n) is 7.41. The number of aliphatic carboxylic acids is 1. The van der Waals surface area contributed by atoms with Gasteiger partial charge >= 0.3 is 5.97 Å². The van der Waals surface area contributed by atoms with Crippen LogP contribution < -0.4 is 0 Å². The van der Waals surface area contributed by atoms with Crippen molar-refractivity contribution in [2.45, 2.75) is 25.3 Å². The molecule has 0 bridgehead atoms. The van der Waals surface area contributed by atoms with Gasteiger partial charge in [0.2, 0.25) is 0 Å². The average Bonchev–Trinajstić information content (AvgIpc) is 3.04. The van der Waals surface area contributed by atoms with Crippen LogP contribution in [-0.2, 0) is 4.79 Å². The van der Waals surface area contributed by atoms with Crippen molar-refractivity contribution in [3.8, 4) is 11.3 Å². The van der Waals surface area contributed by atoms with Crippen molar-refractivity contribution in [1.82, 2.24) is 15.1 Å². The first kappa shape index (κ1) is 15.2. The number of amides is 1. The Morgan fingerprint density at radius 2 is 2.00 bits per heavy atom. The Bertz CT molecular complexity index is 726. The van der Waals surface area contributed by atoms with Gasteiger partial charge in [0, 0.05) is 12.1 Å². The molecule has 1 saturated heterocycles. The van der Waals surface area contributed by atoms with Crippen LogP contribution in [-0.4, -0.2) is 44.7 Å². The highest BCUT2D eigenvalue weighted by Crippen LogP contribution is 2.22. The molecule has 0 radical (unpaired) electrons. The third-order valence-electron chi connectivity index (χ3n) is 4.00. The molecule has 1 aliphatic heterocycles. The van der Waals surface area contributed by atoms with Crippen LogP contribution in [0.3, 0.4) is 0 Å². The standard InChI is InChI=1S/C16H16FN3O3/c17-11-6-4-10(5-7-11)12-9-13(19-18-12)15(21)20-8-2-1-3-14(20)16(22)23/h4-7,9,14H,1-3,8H2,(H,18,19)(H,22,23)/t14-/m1/s1. The summed E-state index contributed by atoms with van der Waals surface area (Å²) in [6.45, 7) is 0.417. The molecule has 3 rings (SSSR count). The molecule has 0 unspecified atom stereocenters. The molecule has 1 atom stereocenters. The van der Waals surface area contributed by atoms with E-state index in [0.717, 1.165) is 12.8 Å². The van der Waals surface area contributed by atoms with Crippen LogP contribution >= 0.6 is 0 Å². The van der Waals surface area contributed by atoms with E-state index >= 15 is 0 Å². The molecule has 0 spiro atoms. The van der Waals surface area contributed by atoms with Gasteiger partial charge in [-0.3, -0.25) is 9.89 Å². The molecule has 7 heteroatoms. The lowest BCUT2D eigenvalue weighted by molar-refractivity contribution is -0.143. The van der Waals surface area contributed by atoms with Crippen molar-refractivity contribution in [3.63, 3.8) is 0 Å². The van der Waals surface area contributed by atoms with Gasteiger partial charge in [0.1, 0.15) is 17.6 Å². The van der Waals surface area contributed by atoms with Crippen LogP contribution in [0.4, 0.5) is 4.39 Å². The zero-order valence-corrected chi connectivity index (χ0v) is 12.3. The number of aromatic nitrogens is 2. The Balaban J connectivity index is 1.83. The molecule has 120 valence electrons. The van der Waals surface area contributed by atoms with Gasteiger partial charge in [0.05, 0.1) is 5.69 Å². The Kier molecular flexibility index (Phi) is 4.10. The molecule has 2 aromatic rings. The highest BCUT2D eigenvalue weighted by atomic mass is 19.1. The van der Waals surface area contributed by atoms with Gasteiger partial charge in [0.15, 0.2) is 0 Å². The zero-order valence-electron chi connectivity index (χ0n) is 12.3. The summed E-state index contributed by atoms with van der Waals surface area (Å²) in [6.07, 6.45) is 2.04. The van der Waals surface area contributed by atoms with E-state index in [2.05, 4.69) is 10.2 Å². The van der Waals surface area contributed by atoms with Crippen LogP contribution in [0.2, 0.25) is 0 Å². The van der Waals surface area contributed by atoms with E-state index in [-0.39, 0.29) is 17.4 Å². The summed E-state index contributed by atoms with van der Waals surface area (Å²) in [5.74, 6) is -1.72. The summed E-state index contributed by atoms with van der Waals surface area (Å²) < 4.78 is 13.0. The van der Waals surface area contributed by atoms with Crippen LogP contribution in [0.5, 0.6) is 0 Å². The van der Waals surface area contributed by atoms with Crippen molar-refractivity contribution >= 4 is 11.9 Å². The van der Waals surface area contributed by atoms with Crippen LogP contribution in [0, 0.1) is 5.82 Å². The number of halogens is 1. The quantitative estimate of drug-likeness (QED) is 0.909. The molecule has 2 N–H and O–H groups in total. The number of aromatic amines is 1. The fourth-order valence-electron chi connectivity index (χ4n) is 2.79. The lowest BCUT2D eigenvalue weighted by Gasteiger charge is -2.32. The second-order valence-corrected chi connectivity index (χ2v) is 5.52. The van der Waals surface area contributed by atoms with Crippen molar-refractivity contribution in [2.24, 2.45) is 0 Å². The summed E-state index contributed by atoms with van der Waals surface area (Å²) >= 11 is 0. The molecule has 1 amide bonds. The molecular weight excluding hydrogens is 301 g/mol. The van der Waals surface area contributed by atoms with Gasteiger partial charge in [-0.25, -0.2) is 9.18 Å². The fraction of sp³-hybridized carbons (Fsp3) is 0.312. The molecule has 1 aliphatic rings. The molecule has 2 heterocycles. The van der Waals surface area contributed by atoms with E-state index < -0.39 is 12.0 Å². The van der Waals surface area contributed by atoms with Gasteiger partial charge in [-0.05, 0) is 49.6 Å². The molecule has 0 saturated carbocycles. The van der Waals surface area contributed by atoms with Gasteiger partial charge in [-0.2, -0.15) is 5.10 Å². The summed E-state index contributed by atoms with van der Waals surface area (Å²) in [5, 5.41) is 16.0. The number of hydrogen-bond acceptors (Lipinski definition) is 3. The Morgan fingerprint density at radius 3 is 2.70 bits per heavy atom. The third-order valence-corrected chi connectivity index (χ3v) is 4.00. The lowest BCUT2D eigenvalue weighted by Crippen LogP contribution is -2.48. The minimum atomic E-state index is -0.990. The van der Waals surface area contributed by atoms with E-state index in [4.69, 9.17) is 0 Å². The zero-order chi connectivity index (χ0) is 16.4. The normalized spacial score (nSPS) is 18.0. The van der Waals surface area contributed by atoms with E-state index in [1.54, 1.807) is 18.2 Å². The lowest BCUT2D eigenvalue weighted by atomic mass is 10.0. The summed E-state index contributed by atoms with van der Waals surface area (Å²) in [5.41, 5.74) is 1.42. The van der Waals surface area contributed by atoms with Crippen molar-refractivity contribution in [1.29, 1.82) is 0 Å². The van der Waals surface area contributed by atoms with Gasteiger partial charge < -0.3 is 10.0 Å². The smallest absolute Gasteiger partial charge is 0.326 e. The van der Waals surface area contributed by atoms with E-state index in [0.29, 0.717) is 24.2 Å². The Morgan fingerprint density at radius 1 is 1.26 bits per heavy atom. The second-order valence-electron chi connectivity index (χ2n) is 5.52. The minimum Gasteiger partial charge on any atom is -0.480 e. The van der Waals surface area contributed by atoms with E-state index in [1.807, 2.05) is 0 Å². The number of carbonyl (C=O) groups excluding carboxylic acids is 1. The van der Waals surface area contributed by atoms with Crippen LogP contribution in [0.15, 0.2) is 30.3 Å². The van der Waals surface area contributed by atoms with E-state index in [9.17, 15) is 19.1 Å². The van der Waals surface area contributed by atoms with Crippen molar-refractivity contribution in [3.05, 3.63) is 41.8 Å². The number of carboxylic acids is 1. The number of piperidine rings is 1. The van der Waals surface area contributed by atoms with Crippen molar-refractivity contribution in [2.75, 3.05) is 6.54 Å². The molecule has 6 nitrogen and oxygen atoms in total. The second kappa shape index (κ2) is 6.20. The minimum absolute atomic E-state index is 0.234. The highest BCUT2D eigenvalue weighted by molar-refractivity contribution is 5.96. The third kappa shape index (κ3) is 3.08. The molecule has 1 aromatic carbocycles. The summed E-state index contributed by atoms with van der Waals surface area (Å²) in [4.78, 5) is 25.2. The summed E-state index contributed by atoms with van der Waals surface area (Å²) in [7, 11) is 0. The first-order chi connectivity index (χ1) is 11.1. The maximum atomic E-state index is 13.0. The number of H-pyrrole nitrogens is 1. The van der Waals surface area contributed by atoms with Gasteiger partial charge in [-0.15, -0.1) is 0 Å². The largest absolute Gasteiger partial charge is 0.480 e. The molecular formula is C16H16FN3O3. The number of hydrogen-bond donors (Lipinski definition) is 2. The average molecular weight is 317 g/mol. The predicted octanol–water partition coefficient (Wildman–Crippen LogP) is 2.30. The molecule has 23 heavy (non-hydrogen) atoms. The first-order valence-corrected chi connectivity index (χ1v) is 7.41. The Hall–Kier alpha value is -2.70. The monoisotopic (exact) mass is 317 g/mol. The van der Waals surface area contributed by atoms with Gasteiger partial charge in [0.25, 0.3) is 5.91 Å². The topological polar surface area (TPSA) is 86.3 Å². The number of nitrogens with zero attached hydrogens (tertiary/aromatic N) is 2. The molecule has 0 aliphatic carbocycles.